The van der Waals surface area contributed by atoms with Gasteiger partial charge in [-0.05, 0) is 31.5 Å². The zero-order valence-electron chi connectivity index (χ0n) is 11.3. The van der Waals surface area contributed by atoms with E-state index in [0.29, 0.717) is 17.1 Å². The molecule has 0 saturated carbocycles. The first kappa shape index (κ1) is 14.0. The fraction of sp³-hybridized carbons (Fsp3) is 0.200. The maximum atomic E-state index is 10.8. The number of hydrogen-bond acceptors (Lipinski definition) is 4. The third-order valence-electron chi connectivity index (χ3n) is 2.99. The largest absolute Gasteiger partial charge is 0.456 e. The number of hydrogen-bond donors (Lipinski definition) is 1. The van der Waals surface area contributed by atoms with Gasteiger partial charge in [-0.25, -0.2) is 0 Å². The van der Waals surface area contributed by atoms with Crippen molar-refractivity contribution in [3.05, 3.63) is 63.2 Å². The Morgan fingerprint density at radius 2 is 1.90 bits per heavy atom. The van der Waals surface area contributed by atoms with Crippen molar-refractivity contribution >= 4 is 5.69 Å². The summed E-state index contributed by atoms with van der Waals surface area (Å²) in [6.45, 7) is 3.58. The van der Waals surface area contributed by atoms with Crippen LogP contribution >= 0.6 is 0 Å². The molecule has 0 saturated heterocycles. The Morgan fingerprint density at radius 1 is 1.15 bits per heavy atom. The molecule has 0 fully saturated rings. The van der Waals surface area contributed by atoms with Crippen molar-refractivity contribution in [1.82, 2.24) is 0 Å². The van der Waals surface area contributed by atoms with Gasteiger partial charge < -0.3 is 9.84 Å². The molecule has 2 aromatic carbocycles. The molecule has 2 rings (SSSR count). The topological polar surface area (TPSA) is 72.6 Å². The van der Waals surface area contributed by atoms with Crippen molar-refractivity contribution in [1.29, 1.82) is 0 Å². The lowest BCUT2D eigenvalue weighted by Gasteiger charge is -2.12. The molecule has 1 N–H and O–H groups in total. The standard InChI is InChI=1S/C15H15NO4/c1-10-3-6-14(12(7-10)9-17)20-15-8-13(16(18)19)5-4-11(15)2/h3-8,17H,9H2,1-2H3. The third-order valence-corrected chi connectivity index (χ3v) is 2.99. The molecule has 0 unspecified atom stereocenters. The summed E-state index contributed by atoms with van der Waals surface area (Å²) in [5.41, 5.74) is 2.43. The minimum absolute atomic E-state index is 0.0248. The quantitative estimate of drug-likeness (QED) is 0.683. The van der Waals surface area contributed by atoms with Crippen molar-refractivity contribution in [2.24, 2.45) is 0 Å². The normalized spacial score (nSPS) is 10.3. The second kappa shape index (κ2) is 5.71. The van der Waals surface area contributed by atoms with Gasteiger partial charge >= 0.3 is 0 Å². The van der Waals surface area contributed by atoms with Gasteiger partial charge in [0.05, 0.1) is 17.6 Å². The number of ether oxygens (including phenoxy) is 1. The van der Waals surface area contributed by atoms with E-state index >= 15 is 0 Å². The van der Waals surface area contributed by atoms with E-state index in [9.17, 15) is 15.2 Å². The van der Waals surface area contributed by atoms with Crippen LogP contribution in [0, 0.1) is 24.0 Å². The van der Waals surface area contributed by atoms with Crippen LogP contribution in [-0.2, 0) is 6.61 Å². The van der Waals surface area contributed by atoms with Gasteiger partial charge in [-0.15, -0.1) is 0 Å². The van der Waals surface area contributed by atoms with Crippen LogP contribution in [0.1, 0.15) is 16.7 Å². The zero-order valence-corrected chi connectivity index (χ0v) is 11.3. The smallest absolute Gasteiger partial charge is 0.273 e. The highest BCUT2D eigenvalue weighted by atomic mass is 16.6. The maximum absolute atomic E-state index is 10.8. The van der Waals surface area contributed by atoms with E-state index in [1.807, 2.05) is 26.0 Å². The minimum Gasteiger partial charge on any atom is -0.456 e. The highest BCUT2D eigenvalue weighted by molar-refractivity contribution is 5.47. The summed E-state index contributed by atoms with van der Waals surface area (Å²) in [5, 5.41) is 20.1. The van der Waals surface area contributed by atoms with Gasteiger partial charge in [-0.1, -0.05) is 17.7 Å². The monoisotopic (exact) mass is 273 g/mol. The van der Waals surface area contributed by atoms with Crippen molar-refractivity contribution in [2.75, 3.05) is 0 Å². The second-order valence-corrected chi connectivity index (χ2v) is 4.58. The average molecular weight is 273 g/mol. The van der Waals surface area contributed by atoms with Gasteiger partial charge in [0.15, 0.2) is 0 Å². The number of benzene rings is 2. The van der Waals surface area contributed by atoms with Crippen LogP contribution < -0.4 is 4.74 Å². The molecule has 0 radical (unpaired) electrons. The molecular formula is C15H15NO4. The molecule has 0 atom stereocenters. The molecule has 0 aromatic heterocycles. The number of aliphatic hydroxyl groups is 1. The summed E-state index contributed by atoms with van der Waals surface area (Å²) in [6.07, 6.45) is 0. The molecule has 0 heterocycles. The number of nitro benzene ring substituents is 1. The van der Waals surface area contributed by atoms with E-state index in [4.69, 9.17) is 4.74 Å². The van der Waals surface area contributed by atoms with E-state index in [2.05, 4.69) is 0 Å². The van der Waals surface area contributed by atoms with Crippen LogP contribution in [0.5, 0.6) is 11.5 Å². The Kier molecular flexibility index (Phi) is 4.00. The number of aliphatic hydroxyl groups excluding tert-OH is 1. The highest BCUT2D eigenvalue weighted by Gasteiger charge is 2.12. The first-order chi connectivity index (χ1) is 9.51. The van der Waals surface area contributed by atoms with E-state index in [1.165, 1.54) is 12.1 Å². The second-order valence-electron chi connectivity index (χ2n) is 4.58. The van der Waals surface area contributed by atoms with Gasteiger partial charge in [-0.2, -0.15) is 0 Å². The third kappa shape index (κ3) is 2.95. The van der Waals surface area contributed by atoms with Crippen molar-refractivity contribution in [3.8, 4) is 11.5 Å². The first-order valence-electron chi connectivity index (χ1n) is 6.14. The molecule has 0 spiro atoms. The zero-order chi connectivity index (χ0) is 14.7. The van der Waals surface area contributed by atoms with Gasteiger partial charge in [-0.3, -0.25) is 10.1 Å². The van der Waals surface area contributed by atoms with Crippen LogP contribution in [-0.4, -0.2) is 10.0 Å². The summed E-state index contributed by atoms with van der Waals surface area (Å²) >= 11 is 0. The van der Waals surface area contributed by atoms with Gasteiger partial charge in [0.2, 0.25) is 0 Å². The molecule has 104 valence electrons. The molecule has 5 nitrogen and oxygen atoms in total. The molecule has 2 aromatic rings. The highest BCUT2D eigenvalue weighted by Crippen LogP contribution is 2.31. The lowest BCUT2D eigenvalue weighted by atomic mass is 10.1. The summed E-state index contributed by atoms with van der Waals surface area (Å²) in [7, 11) is 0. The Morgan fingerprint density at radius 3 is 2.55 bits per heavy atom. The van der Waals surface area contributed by atoms with Crippen molar-refractivity contribution in [2.45, 2.75) is 20.5 Å². The SMILES string of the molecule is Cc1ccc(Oc2cc([N+](=O)[O-])ccc2C)c(CO)c1. The molecule has 20 heavy (non-hydrogen) atoms. The molecule has 0 aliphatic carbocycles. The molecular weight excluding hydrogens is 258 g/mol. The van der Waals surface area contributed by atoms with Crippen LogP contribution in [0.4, 0.5) is 5.69 Å². The Labute approximate surface area is 116 Å². The number of nitro groups is 1. The molecule has 0 aliphatic heterocycles. The summed E-state index contributed by atoms with van der Waals surface area (Å²) < 4.78 is 5.71. The predicted molar refractivity (Wildman–Crippen MR) is 75.0 cm³/mol. The van der Waals surface area contributed by atoms with Crippen LogP contribution in [0.3, 0.4) is 0 Å². The maximum Gasteiger partial charge on any atom is 0.273 e. The van der Waals surface area contributed by atoms with E-state index < -0.39 is 4.92 Å². The van der Waals surface area contributed by atoms with Crippen LogP contribution in [0.15, 0.2) is 36.4 Å². The Balaban J connectivity index is 2.39. The van der Waals surface area contributed by atoms with E-state index in [1.54, 1.807) is 12.1 Å². The van der Waals surface area contributed by atoms with Gasteiger partial charge in [0.25, 0.3) is 5.69 Å². The summed E-state index contributed by atoms with van der Waals surface area (Å²) in [6, 6.07) is 9.89. The average Bonchev–Trinajstić information content (AvgIpc) is 2.42. The Bertz CT molecular complexity index is 652. The number of aryl methyl sites for hydroxylation is 2. The summed E-state index contributed by atoms with van der Waals surface area (Å²) in [5.74, 6) is 0.916. The molecule has 0 bridgehead atoms. The van der Waals surface area contributed by atoms with Crippen LogP contribution in [0.25, 0.3) is 0 Å². The van der Waals surface area contributed by atoms with E-state index in [-0.39, 0.29) is 12.3 Å². The number of non-ortho nitro benzene ring substituents is 1. The minimum atomic E-state index is -0.464. The lowest BCUT2D eigenvalue weighted by molar-refractivity contribution is -0.384. The number of nitrogens with zero attached hydrogens (tertiary/aromatic N) is 1. The Hall–Kier alpha value is -2.40. The van der Waals surface area contributed by atoms with Gasteiger partial charge in [0, 0.05) is 11.6 Å². The molecule has 0 amide bonds. The first-order valence-corrected chi connectivity index (χ1v) is 6.14. The predicted octanol–water partition coefficient (Wildman–Crippen LogP) is 3.50. The van der Waals surface area contributed by atoms with Gasteiger partial charge in [0.1, 0.15) is 11.5 Å². The fourth-order valence-electron chi connectivity index (χ4n) is 1.86. The van der Waals surface area contributed by atoms with Crippen molar-refractivity contribution < 1.29 is 14.8 Å². The molecule has 5 heteroatoms. The van der Waals surface area contributed by atoms with E-state index in [0.717, 1.165) is 11.1 Å². The lowest BCUT2D eigenvalue weighted by Crippen LogP contribution is -1.95. The van der Waals surface area contributed by atoms with Crippen molar-refractivity contribution in [3.63, 3.8) is 0 Å². The molecule has 0 aliphatic rings. The summed E-state index contributed by atoms with van der Waals surface area (Å²) in [4.78, 5) is 10.3. The fourth-order valence-corrected chi connectivity index (χ4v) is 1.86. The number of rotatable bonds is 4. The van der Waals surface area contributed by atoms with Crippen LogP contribution in [0.2, 0.25) is 0 Å².